The first-order valence-corrected chi connectivity index (χ1v) is 9.10. The van der Waals surface area contributed by atoms with Gasteiger partial charge in [0.25, 0.3) is 5.91 Å². The molecule has 1 heterocycles. The van der Waals surface area contributed by atoms with Crippen molar-refractivity contribution in [2.75, 3.05) is 18.5 Å². The zero-order chi connectivity index (χ0) is 19.8. The molecule has 0 saturated heterocycles. The van der Waals surface area contributed by atoms with Crippen LogP contribution in [0, 0.1) is 6.92 Å². The van der Waals surface area contributed by atoms with Gasteiger partial charge in [-0.05, 0) is 49.7 Å². The van der Waals surface area contributed by atoms with Crippen LogP contribution in [0.5, 0.6) is 5.75 Å². The van der Waals surface area contributed by atoms with Gasteiger partial charge in [-0.15, -0.1) is 0 Å². The average Bonchev–Trinajstić information content (AvgIpc) is 2.71. The van der Waals surface area contributed by atoms with E-state index in [4.69, 9.17) is 9.47 Å². The molecule has 3 rings (SSSR count). The first kappa shape index (κ1) is 19.4. The third-order valence-electron chi connectivity index (χ3n) is 4.10. The summed E-state index contributed by atoms with van der Waals surface area (Å²) in [5.41, 5.74) is 2.58. The quantitative estimate of drug-likeness (QED) is 0.475. The number of ether oxygens (including phenoxy) is 2. The molecule has 2 aromatic carbocycles. The molecule has 0 bridgehead atoms. The van der Waals surface area contributed by atoms with Gasteiger partial charge in [0.1, 0.15) is 5.75 Å². The van der Waals surface area contributed by atoms with Crippen molar-refractivity contribution in [2.45, 2.75) is 19.8 Å². The summed E-state index contributed by atoms with van der Waals surface area (Å²) in [6, 6.07) is 16.8. The van der Waals surface area contributed by atoms with Gasteiger partial charge in [0.15, 0.2) is 6.61 Å². The van der Waals surface area contributed by atoms with Crippen LogP contribution in [0.4, 0.5) is 5.69 Å². The van der Waals surface area contributed by atoms with Crippen molar-refractivity contribution in [2.24, 2.45) is 0 Å². The van der Waals surface area contributed by atoms with Crippen molar-refractivity contribution in [3.63, 3.8) is 0 Å². The maximum absolute atomic E-state index is 12.1. The van der Waals surface area contributed by atoms with E-state index in [9.17, 15) is 9.59 Å². The number of aromatic nitrogens is 1. The molecule has 6 nitrogen and oxygen atoms in total. The fourth-order valence-corrected chi connectivity index (χ4v) is 2.66. The summed E-state index contributed by atoms with van der Waals surface area (Å²) in [6.07, 6.45) is 2.40. The normalized spacial score (nSPS) is 10.5. The van der Waals surface area contributed by atoms with E-state index in [2.05, 4.69) is 10.3 Å². The fraction of sp³-hybridized carbons (Fsp3) is 0.227. The summed E-state index contributed by atoms with van der Waals surface area (Å²) >= 11 is 0. The van der Waals surface area contributed by atoms with Crippen LogP contribution in [-0.2, 0) is 14.3 Å². The Kier molecular flexibility index (Phi) is 6.57. The Labute approximate surface area is 163 Å². The molecule has 0 fully saturated rings. The molecule has 1 amide bonds. The number of aryl methyl sites for hydroxylation is 1. The van der Waals surface area contributed by atoms with Crippen LogP contribution >= 0.6 is 0 Å². The lowest BCUT2D eigenvalue weighted by Crippen LogP contribution is -2.21. The number of benzene rings is 2. The Bertz CT molecular complexity index is 949. The molecule has 0 aliphatic carbocycles. The first-order valence-electron chi connectivity index (χ1n) is 9.10. The highest BCUT2D eigenvalue weighted by molar-refractivity contribution is 6.01. The highest BCUT2D eigenvalue weighted by Gasteiger charge is 2.10. The van der Waals surface area contributed by atoms with Crippen LogP contribution in [0.1, 0.15) is 18.4 Å². The number of nitrogens with zero attached hydrogens (tertiary/aromatic N) is 1. The van der Waals surface area contributed by atoms with Crippen LogP contribution < -0.4 is 10.1 Å². The first-order chi connectivity index (χ1) is 13.6. The lowest BCUT2D eigenvalue weighted by Gasteiger charge is -2.09. The topological polar surface area (TPSA) is 77.5 Å². The van der Waals surface area contributed by atoms with Crippen molar-refractivity contribution in [3.8, 4) is 5.75 Å². The summed E-state index contributed by atoms with van der Waals surface area (Å²) in [5, 5.41) is 3.58. The van der Waals surface area contributed by atoms with Gasteiger partial charge in [-0.25, -0.2) is 0 Å². The Hall–Kier alpha value is -3.41. The minimum absolute atomic E-state index is 0.192. The molecule has 0 unspecified atom stereocenters. The number of fused-ring (bicyclic) bond motifs is 1. The maximum Gasteiger partial charge on any atom is 0.306 e. The molecule has 0 aliphatic rings. The Morgan fingerprint density at radius 1 is 1.04 bits per heavy atom. The van der Waals surface area contributed by atoms with Gasteiger partial charge in [0.2, 0.25) is 0 Å². The van der Waals surface area contributed by atoms with Crippen molar-refractivity contribution in [3.05, 3.63) is 66.4 Å². The summed E-state index contributed by atoms with van der Waals surface area (Å²) in [5.74, 6) is -0.0502. The van der Waals surface area contributed by atoms with Gasteiger partial charge in [0.05, 0.1) is 17.8 Å². The minimum Gasteiger partial charge on any atom is -0.494 e. The van der Waals surface area contributed by atoms with Crippen LogP contribution in [0.3, 0.4) is 0 Å². The average molecular weight is 378 g/mol. The number of pyridine rings is 1. The second kappa shape index (κ2) is 9.50. The molecule has 0 atom stereocenters. The molecule has 1 aromatic heterocycles. The van der Waals surface area contributed by atoms with E-state index >= 15 is 0 Å². The van der Waals surface area contributed by atoms with E-state index < -0.39 is 5.97 Å². The van der Waals surface area contributed by atoms with E-state index in [0.29, 0.717) is 18.7 Å². The molecule has 3 aromatic rings. The Balaban J connectivity index is 1.38. The largest absolute Gasteiger partial charge is 0.494 e. The number of hydrogen-bond donors (Lipinski definition) is 1. The predicted octanol–water partition coefficient (Wildman–Crippen LogP) is 3.88. The van der Waals surface area contributed by atoms with Crippen molar-refractivity contribution >= 4 is 28.5 Å². The summed E-state index contributed by atoms with van der Waals surface area (Å²) in [7, 11) is 0. The van der Waals surface area contributed by atoms with Gasteiger partial charge in [0, 0.05) is 18.0 Å². The second-order valence-corrected chi connectivity index (χ2v) is 6.35. The van der Waals surface area contributed by atoms with Gasteiger partial charge in [-0.2, -0.15) is 0 Å². The van der Waals surface area contributed by atoms with Gasteiger partial charge in [-0.3, -0.25) is 14.6 Å². The van der Waals surface area contributed by atoms with Crippen LogP contribution in [0.2, 0.25) is 0 Å². The number of anilines is 1. The van der Waals surface area contributed by atoms with E-state index in [0.717, 1.165) is 22.2 Å². The van der Waals surface area contributed by atoms with Crippen LogP contribution in [0.15, 0.2) is 60.8 Å². The number of hydrogen-bond acceptors (Lipinski definition) is 5. The number of carbonyl (C=O) groups excluding carboxylic acids is 2. The third-order valence-corrected chi connectivity index (χ3v) is 4.10. The predicted molar refractivity (Wildman–Crippen MR) is 107 cm³/mol. The number of nitrogens with one attached hydrogen (secondary N) is 1. The van der Waals surface area contributed by atoms with E-state index in [1.165, 1.54) is 0 Å². The fourth-order valence-electron chi connectivity index (χ4n) is 2.66. The molecule has 0 spiro atoms. The monoisotopic (exact) mass is 378 g/mol. The van der Waals surface area contributed by atoms with Crippen molar-refractivity contribution in [1.82, 2.24) is 4.98 Å². The lowest BCUT2D eigenvalue weighted by atomic mass is 10.2. The molecule has 6 heteroatoms. The molecule has 144 valence electrons. The number of carbonyl (C=O) groups is 2. The highest BCUT2D eigenvalue weighted by Crippen LogP contribution is 2.21. The molecule has 28 heavy (non-hydrogen) atoms. The van der Waals surface area contributed by atoms with Gasteiger partial charge >= 0.3 is 5.97 Å². The van der Waals surface area contributed by atoms with Crippen LogP contribution in [0.25, 0.3) is 10.9 Å². The molecular formula is C22H22N2O4. The van der Waals surface area contributed by atoms with Gasteiger partial charge in [-0.1, -0.05) is 23.8 Å². The SMILES string of the molecule is Cc1ccc(OCCCC(=O)OCC(=O)Nc2cccc3ncccc23)cc1. The summed E-state index contributed by atoms with van der Waals surface area (Å²) < 4.78 is 10.6. The number of rotatable bonds is 8. The minimum atomic E-state index is -0.428. The van der Waals surface area contributed by atoms with E-state index in [1.807, 2.05) is 49.4 Å². The number of amides is 1. The Morgan fingerprint density at radius 3 is 2.68 bits per heavy atom. The van der Waals surface area contributed by atoms with Crippen molar-refractivity contribution < 1.29 is 19.1 Å². The zero-order valence-corrected chi connectivity index (χ0v) is 15.7. The Morgan fingerprint density at radius 2 is 1.86 bits per heavy atom. The smallest absolute Gasteiger partial charge is 0.306 e. The molecule has 1 N–H and O–H groups in total. The van der Waals surface area contributed by atoms with E-state index in [-0.39, 0.29) is 18.9 Å². The maximum atomic E-state index is 12.1. The lowest BCUT2D eigenvalue weighted by molar-refractivity contribution is -0.147. The third kappa shape index (κ3) is 5.54. The number of esters is 1. The molecular weight excluding hydrogens is 356 g/mol. The summed E-state index contributed by atoms with van der Waals surface area (Å²) in [6.45, 7) is 2.09. The van der Waals surface area contributed by atoms with Gasteiger partial charge < -0.3 is 14.8 Å². The summed E-state index contributed by atoms with van der Waals surface area (Å²) in [4.78, 5) is 28.1. The molecule has 0 saturated carbocycles. The molecule has 0 aliphatic heterocycles. The second-order valence-electron chi connectivity index (χ2n) is 6.35. The van der Waals surface area contributed by atoms with Crippen LogP contribution in [-0.4, -0.2) is 30.1 Å². The molecule has 0 radical (unpaired) electrons. The van der Waals surface area contributed by atoms with E-state index in [1.54, 1.807) is 18.3 Å². The zero-order valence-electron chi connectivity index (χ0n) is 15.7. The highest BCUT2D eigenvalue weighted by atomic mass is 16.5. The standard InChI is InChI=1S/C22H22N2O4/c1-16-9-11-17(12-10-16)27-14-4-8-22(26)28-15-21(25)24-20-7-2-6-19-18(20)5-3-13-23-19/h2-3,5-7,9-13H,4,8,14-15H2,1H3,(H,24,25). The van der Waals surface area contributed by atoms with Crippen molar-refractivity contribution in [1.29, 1.82) is 0 Å².